The Bertz CT molecular complexity index is 1410. The van der Waals surface area contributed by atoms with Crippen LogP contribution in [-0.4, -0.2) is 43.8 Å². The van der Waals surface area contributed by atoms with Gasteiger partial charge in [-0.2, -0.15) is 4.31 Å². The summed E-state index contributed by atoms with van der Waals surface area (Å²) in [5.74, 6) is -1.37. The molecule has 200 valence electrons. The topological polar surface area (TPSA) is 92.8 Å². The highest BCUT2D eigenvalue weighted by molar-refractivity contribution is 7.89. The summed E-state index contributed by atoms with van der Waals surface area (Å²) in [5.41, 5.74) is 4.92. The quantitative estimate of drug-likeness (QED) is 0.418. The third-order valence-corrected chi connectivity index (χ3v) is 9.13. The molecular weight excluding hydrogens is 500 g/mol. The second-order valence-electron chi connectivity index (χ2n) is 9.89. The van der Waals surface area contributed by atoms with Crippen LogP contribution in [0.1, 0.15) is 36.5 Å². The molecule has 1 aliphatic rings. The van der Waals surface area contributed by atoms with Crippen molar-refractivity contribution in [2.45, 2.75) is 51.5 Å². The van der Waals surface area contributed by atoms with Gasteiger partial charge in [0, 0.05) is 24.3 Å². The molecule has 8 heteroatoms. The molecule has 0 aromatic heterocycles. The van der Waals surface area contributed by atoms with E-state index in [4.69, 9.17) is 4.74 Å². The number of para-hydroxylation sites is 1. The summed E-state index contributed by atoms with van der Waals surface area (Å²) in [6, 6.07) is 20.9. The molecular formula is C30H34N2O5S. The maximum absolute atomic E-state index is 13.3. The van der Waals surface area contributed by atoms with E-state index in [1.54, 1.807) is 6.92 Å². The van der Waals surface area contributed by atoms with Gasteiger partial charge in [0.05, 0.1) is 10.8 Å². The highest BCUT2D eigenvalue weighted by Crippen LogP contribution is 2.30. The van der Waals surface area contributed by atoms with Crippen molar-refractivity contribution in [3.05, 3.63) is 83.4 Å². The minimum Gasteiger partial charge on any atom is -0.452 e. The summed E-state index contributed by atoms with van der Waals surface area (Å²) >= 11 is 0. The number of hydrogen-bond donors (Lipinski definition) is 1. The smallest absolute Gasteiger partial charge is 0.309 e. The van der Waals surface area contributed by atoms with Crippen LogP contribution in [0, 0.1) is 26.7 Å². The van der Waals surface area contributed by atoms with Gasteiger partial charge in [0.25, 0.3) is 5.91 Å². The molecule has 4 rings (SSSR count). The monoisotopic (exact) mass is 534 g/mol. The minimum atomic E-state index is -3.67. The average molecular weight is 535 g/mol. The van der Waals surface area contributed by atoms with Crippen molar-refractivity contribution >= 4 is 27.6 Å². The first-order valence-electron chi connectivity index (χ1n) is 12.8. The fraction of sp³-hybridized carbons (Fsp3) is 0.333. The number of nitrogens with one attached hydrogen (secondary N) is 1. The van der Waals surface area contributed by atoms with Gasteiger partial charge < -0.3 is 10.1 Å². The van der Waals surface area contributed by atoms with Crippen LogP contribution < -0.4 is 5.32 Å². The molecule has 7 nitrogen and oxygen atoms in total. The van der Waals surface area contributed by atoms with Crippen molar-refractivity contribution in [2.75, 3.05) is 18.4 Å². The van der Waals surface area contributed by atoms with Crippen LogP contribution in [0.5, 0.6) is 0 Å². The molecule has 1 atom stereocenters. The Morgan fingerprint density at radius 2 is 1.50 bits per heavy atom. The van der Waals surface area contributed by atoms with E-state index < -0.39 is 33.9 Å². The molecule has 0 radical (unpaired) electrons. The second kappa shape index (κ2) is 11.5. The highest BCUT2D eigenvalue weighted by atomic mass is 32.2. The zero-order valence-electron chi connectivity index (χ0n) is 22.2. The lowest BCUT2D eigenvalue weighted by Gasteiger charge is -2.31. The van der Waals surface area contributed by atoms with E-state index in [2.05, 4.69) is 5.32 Å². The number of rotatable bonds is 7. The number of carbonyl (C=O) groups excluding carboxylic acids is 2. The third-order valence-electron chi connectivity index (χ3n) is 6.92. The lowest BCUT2D eigenvalue weighted by Crippen LogP contribution is -2.42. The number of aryl methyl sites for hydroxylation is 3. The molecule has 0 aliphatic carbocycles. The van der Waals surface area contributed by atoms with Gasteiger partial charge in [0.1, 0.15) is 0 Å². The van der Waals surface area contributed by atoms with E-state index in [9.17, 15) is 18.0 Å². The van der Waals surface area contributed by atoms with Gasteiger partial charge in [0.15, 0.2) is 6.10 Å². The van der Waals surface area contributed by atoms with E-state index in [1.165, 1.54) is 4.31 Å². The van der Waals surface area contributed by atoms with Gasteiger partial charge in [-0.05, 0) is 63.3 Å². The van der Waals surface area contributed by atoms with Crippen LogP contribution in [0.25, 0.3) is 11.1 Å². The molecule has 1 N–H and O–H groups in total. The lowest BCUT2D eigenvalue weighted by molar-refractivity contribution is -0.158. The molecule has 1 heterocycles. The second-order valence-corrected chi connectivity index (χ2v) is 11.8. The van der Waals surface area contributed by atoms with Crippen molar-refractivity contribution in [3.8, 4) is 11.1 Å². The number of hydrogen-bond acceptors (Lipinski definition) is 5. The predicted molar refractivity (Wildman–Crippen MR) is 148 cm³/mol. The van der Waals surface area contributed by atoms with Crippen molar-refractivity contribution in [3.63, 3.8) is 0 Å². The summed E-state index contributed by atoms with van der Waals surface area (Å²) in [5, 5.41) is 2.87. The first-order chi connectivity index (χ1) is 18.1. The maximum Gasteiger partial charge on any atom is 0.309 e. The van der Waals surface area contributed by atoms with Gasteiger partial charge in [-0.3, -0.25) is 9.59 Å². The molecule has 0 saturated carbocycles. The van der Waals surface area contributed by atoms with Crippen molar-refractivity contribution in [2.24, 2.45) is 5.92 Å². The molecule has 0 unspecified atom stereocenters. The van der Waals surface area contributed by atoms with E-state index in [1.807, 2.05) is 87.5 Å². The maximum atomic E-state index is 13.3. The van der Waals surface area contributed by atoms with Crippen molar-refractivity contribution < 1.29 is 22.7 Å². The van der Waals surface area contributed by atoms with Crippen LogP contribution in [0.2, 0.25) is 0 Å². The number of nitrogens with zero attached hydrogens (tertiary/aromatic N) is 1. The molecule has 1 aliphatic heterocycles. The first-order valence-corrected chi connectivity index (χ1v) is 14.3. The van der Waals surface area contributed by atoms with Crippen LogP contribution in [0.4, 0.5) is 5.69 Å². The Hall–Kier alpha value is -3.49. The van der Waals surface area contributed by atoms with E-state index in [0.717, 1.165) is 27.8 Å². The molecule has 3 aromatic carbocycles. The number of amides is 1. The Balaban J connectivity index is 1.36. The summed E-state index contributed by atoms with van der Waals surface area (Å²) in [4.78, 5) is 26.1. The normalized spacial score (nSPS) is 15.6. The molecule has 3 aromatic rings. The zero-order chi connectivity index (χ0) is 27.4. The summed E-state index contributed by atoms with van der Waals surface area (Å²) in [7, 11) is -3.67. The largest absolute Gasteiger partial charge is 0.452 e. The fourth-order valence-corrected chi connectivity index (χ4v) is 6.94. The molecule has 1 saturated heterocycles. The first kappa shape index (κ1) is 27.5. The van der Waals surface area contributed by atoms with Crippen LogP contribution in [-0.2, 0) is 24.3 Å². The molecule has 0 spiro atoms. The number of esters is 1. The number of benzene rings is 3. The van der Waals surface area contributed by atoms with Gasteiger partial charge in [-0.15, -0.1) is 0 Å². The summed E-state index contributed by atoms with van der Waals surface area (Å²) < 4.78 is 33.6. The Morgan fingerprint density at radius 1 is 0.921 bits per heavy atom. The van der Waals surface area contributed by atoms with Crippen LogP contribution in [0.15, 0.2) is 71.6 Å². The molecule has 1 fully saturated rings. The number of anilines is 1. The minimum absolute atomic E-state index is 0.222. The highest BCUT2D eigenvalue weighted by Gasteiger charge is 2.35. The van der Waals surface area contributed by atoms with Gasteiger partial charge in [-0.1, -0.05) is 66.2 Å². The number of ether oxygens (including phenoxy) is 1. The van der Waals surface area contributed by atoms with E-state index in [-0.39, 0.29) is 13.1 Å². The predicted octanol–water partition coefficient (Wildman–Crippen LogP) is 5.25. The number of carbonyl (C=O) groups is 2. The van der Waals surface area contributed by atoms with Gasteiger partial charge >= 0.3 is 5.97 Å². The van der Waals surface area contributed by atoms with Crippen molar-refractivity contribution in [1.82, 2.24) is 4.31 Å². The van der Waals surface area contributed by atoms with E-state index in [0.29, 0.717) is 23.4 Å². The number of sulfonamides is 1. The molecule has 0 bridgehead atoms. The molecule has 1 amide bonds. The Morgan fingerprint density at radius 3 is 2.13 bits per heavy atom. The average Bonchev–Trinajstić information content (AvgIpc) is 2.88. The van der Waals surface area contributed by atoms with Gasteiger partial charge in [-0.25, -0.2) is 8.42 Å². The standard InChI is InChI=1S/C30H34N2O5S/c1-20-18-21(2)28(22(3)19-20)38(35,36)32-16-14-25(15-17-32)30(34)37-23(4)29(33)31-27-13-9-8-12-26(27)24-10-6-5-7-11-24/h5-13,18-19,23,25H,14-17H2,1-4H3,(H,31,33)/t23-/m1/s1. The summed E-state index contributed by atoms with van der Waals surface area (Å²) in [6.07, 6.45) is -0.314. The third kappa shape index (κ3) is 5.97. The van der Waals surface area contributed by atoms with E-state index >= 15 is 0 Å². The fourth-order valence-electron chi connectivity index (χ4n) is 5.05. The SMILES string of the molecule is Cc1cc(C)c(S(=O)(=O)N2CCC(C(=O)O[C@H](C)C(=O)Nc3ccccc3-c3ccccc3)CC2)c(C)c1. The lowest BCUT2D eigenvalue weighted by atomic mass is 9.98. The van der Waals surface area contributed by atoms with Crippen molar-refractivity contribution in [1.29, 1.82) is 0 Å². The van der Waals surface area contributed by atoms with Gasteiger partial charge in [0.2, 0.25) is 10.0 Å². The Labute approximate surface area is 224 Å². The van der Waals surface area contributed by atoms with Crippen LogP contribution in [0.3, 0.4) is 0 Å². The Kier molecular flexibility index (Phi) is 8.33. The zero-order valence-corrected chi connectivity index (χ0v) is 23.0. The number of piperidine rings is 1. The summed E-state index contributed by atoms with van der Waals surface area (Å²) in [6.45, 7) is 7.54. The molecule has 38 heavy (non-hydrogen) atoms. The van der Waals surface area contributed by atoms with Crippen LogP contribution >= 0.6 is 0 Å².